The van der Waals surface area contributed by atoms with E-state index in [1.807, 2.05) is 0 Å². The van der Waals surface area contributed by atoms with Crippen molar-refractivity contribution >= 4 is 8.58 Å². The van der Waals surface area contributed by atoms with E-state index in [0.29, 0.717) is 0 Å². The zero-order chi connectivity index (χ0) is 7.28. The summed E-state index contributed by atoms with van der Waals surface area (Å²) in [6.07, 6.45) is 2.65. The van der Waals surface area contributed by atoms with E-state index in [0.717, 1.165) is 11.3 Å². The molecule has 0 aromatic heterocycles. The summed E-state index contributed by atoms with van der Waals surface area (Å²) >= 11 is 0. The van der Waals surface area contributed by atoms with Gasteiger partial charge >= 0.3 is 0 Å². The van der Waals surface area contributed by atoms with Crippen molar-refractivity contribution in [2.75, 3.05) is 0 Å². The van der Waals surface area contributed by atoms with Gasteiger partial charge in [0.05, 0.1) is 0 Å². The third kappa shape index (κ3) is 4.90. The topological polar surface area (TPSA) is 0 Å². The van der Waals surface area contributed by atoms with Gasteiger partial charge in [0.25, 0.3) is 0 Å². The van der Waals surface area contributed by atoms with Crippen molar-refractivity contribution in [3.05, 3.63) is 0 Å². The van der Waals surface area contributed by atoms with Crippen molar-refractivity contribution in [2.45, 2.75) is 51.9 Å². The molecule has 0 N–H and O–H groups in total. The molecule has 9 heavy (non-hydrogen) atoms. The van der Waals surface area contributed by atoms with Crippen LogP contribution in [0, 0.1) is 0 Å². The maximum Gasteiger partial charge on any atom is -0.0199 e. The summed E-state index contributed by atoms with van der Waals surface area (Å²) in [5, 5.41) is 0. The zero-order valence-electron chi connectivity index (χ0n) is 7.02. The van der Waals surface area contributed by atoms with Gasteiger partial charge in [-0.3, -0.25) is 0 Å². The van der Waals surface area contributed by atoms with Crippen LogP contribution >= 0.6 is 8.58 Å². The Morgan fingerprint density at radius 1 is 1.00 bits per heavy atom. The van der Waals surface area contributed by atoms with Gasteiger partial charge in [0.15, 0.2) is 0 Å². The summed E-state index contributed by atoms with van der Waals surface area (Å²) in [4.78, 5) is 0. The average Bonchev–Trinajstić information content (AvgIpc) is 1.87. The Kier molecular flexibility index (Phi) is 5.48. The lowest BCUT2D eigenvalue weighted by molar-refractivity contribution is 0.848. The molecule has 0 saturated heterocycles. The van der Waals surface area contributed by atoms with Gasteiger partial charge in [-0.1, -0.05) is 36.3 Å². The Morgan fingerprint density at radius 3 is 1.56 bits per heavy atom. The van der Waals surface area contributed by atoms with Crippen LogP contribution in [0.3, 0.4) is 0 Å². The van der Waals surface area contributed by atoms with E-state index in [1.165, 1.54) is 12.8 Å². The molecule has 2 atom stereocenters. The highest BCUT2D eigenvalue weighted by atomic mass is 31.1. The normalized spacial score (nSPS) is 18.7. The van der Waals surface area contributed by atoms with E-state index in [1.54, 1.807) is 8.58 Å². The van der Waals surface area contributed by atoms with E-state index >= 15 is 0 Å². The minimum atomic E-state index is 0.903. The molecule has 0 nitrogen and oxygen atoms in total. The second kappa shape index (κ2) is 5.23. The second-order valence-corrected chi connectivity index (χ2v) is 4.72. The highest BCUT2D eigenvalue weighted by molar-refractivity contribution is 7.39. The Balaban J connectivity index is 3.22. The monoisotopic (exact) mass is 145 g/mol. The Bertz CT molecular complexity index is 53.6. The first-order valence-corrected chi connectivity index (χ1v) is 4.93. The van der Waals surface area contributed by atoms with Crippen LogP contribution in [-0.4, -0.2) is 11.3 Å². The molecule has 2 unspecified atom stereocenters. The lowest BCUT2D eigenvalue weighted by atomic mass is 10.4. The minimum absolute atomic E-state index is 0.903. The molecule has 0 heterocycles. The van der Waals surface area contributed by atoms with Gasteiger partial charge in [0, 0.05) is 0 Å². The molecule has 0 aliphatic carbocycles. The Hall–Kier alpha value is 0.430. The second-order valence-electron chi connectivity index (χ2n) is 2.66. The third-order valence-electron chi connectivity index (χ3n) is 1.69. The molecule has 0 spiro atoms. The van der Waals surface area contributed by atoms with Crippen LogP contribution in [0.2, 0.25) is 0 Å². The summed E-state index contributed by atoms with van der Waals surface area (Å²) in [6.45, 7) is 9.18. The van der Waals surface area contributed by atoms with Crippen LogP contribution in [0.15, 0.2) is 0 Å². The molecule has 0 saturated carbocycles. The summed E-state index contributed by atoms with van der Waals surface area (Å²) in [7, 11) is 1.64. The fourth-order valence-corrected chi connectivity index (χ4v) is 1.94. The van der Waals surface area contributed by atoms with Crippen molar-refractivity contribution in [2.24, 2.45) is 0 Å². The first-order chi connectivity index (χ1) is 4.20. The molecule has 0 rings (SSSR count). The molecule has 55 valence electrons. The van der Waals surface area contributed by atoms with Gasteiger partial charge in [0.2, 0.25) is 0 Å². The largest absolute Gasteiger partial charge is 0.0747 e. The molecule has 1 radical (unpaired) electrons. The lowest BCUT2D eigenvalue weighted by Gasteiger charge is -2.12. The van der Waals surface area contributed by atoms with Crippen LogP contribution in [0.4, 0.5) is 0 Å². The van der Waals surface area contributed by atoms with Crippen LogP contribution in [0.5, 0.6) is 0 Å². The van der Waals surface area contributed by atoms with Crippen molar-refractivity contribution in [3.8, 4) is 0 Å². The predicted molar refractivity (Wildman–Crippen MR) is 46.4 cm³/mol. The molecule has 0 aliphatic heterocycles. The first kappa shape index (κ1) is 9.43. The van der Waals surface area contributed by atoms with E-state index in [2.05, 4.69) is 27.7 Å². The van der Waals surface area contributed by atoms with Crippen LogP contribution < -0.4 is 0 Å². The Labute approximate surface area is 61.2 Å². The molecule has 0 aromatic carbocycles. The van der Waals surface area contributed by atoms with Crippen molar-refractivity contribution in [1.29, 1.82) is 0 Å². The standard InChI is InChI=1S/C8H18P/c1-5-7(3)9-8(4)6-2/h7-8H,5-6H2,1-4H3. The highest BCUT2D eigenvalue weighted by Gasteiger charge is 2.04. The molecular weight excluding hydrogens is 127 g/mol. The summed E-state index contributed by atoms with van der Waals surface area (Å²) in [6, 6.07) is 0. The van der Waals surface area contributed by atoms with Crippen molar-refractivity contribution < 1.29 is 0 Å². The average molecular weight is 145 g/mol. The van der Waals surface area contributed by atoms with E-state index in [4.69, 9.17) is 0 Å². The number of hydrogen-bond donors (Lipinski definition) is 0. The molecule has 0 bridgehead atoms. The first-order valence-electron chi connectivity index (χ1n) is 3.90. The fourth-order valence-electron chi connectivity index (χ4n) is 0.645. The SMILES string of the molecule is CCC(C)[P]C(C)CC. The third-order valence-corrected chi connectivity index (χ3v) is 3.44. The summed E-state index contributed by atoms with van der Waals surface area (Å²) in [5.41, 5.74) is 1.81. The fraction of sp³-hybridized carbons (Fsp3) is 1.00. The molecule has 0 aromatic rings. The van der Waals surface area contributed by atoms with E-state index in [9.17, 15) is 0 Å². The quantitative estimate of drug-likeness (QED) is 0.531. The maximum absolute atomic E-state index is 2.33. The number of hydrogen-bond acceptors (Lipinski definition) is 0. The molecule has 1 heteroatoms. The maximum atomic E-state index is 2.33. The van der Waals surface area contributed by atoms with Gasteiger partial charge in [-0.25, -0.2) is 0 Å². The van der Waals surface area contributed by atoms with Crippen LogP contribution in [0.25, 0.3) is 0 Å². The zero-order valence-corrected chi connectivity index (χ0v) is 7.91. The van der Waals surface area contributed by atoms with Gasteiger partial charge < -0.3 is 0 Å². The summed E-state index contributed by atoms with van der Waals surface area (Å²) < 4.78 is 0. The molecular formula is C8H18P. The predicted octanol–water partition coefficient (Wildman–Crippen LogP) is 3.53. The van der Waals surface area contributed by atoms with Gasteiger partial charge in [-0.05, 0) is 24.2 Å². The van der Waals surface area contributed by atoms with E-state index < -0.39 is 0 Å². The number of rotatable bonds is 4. The molecule has 0 fully saturated rings. The van der Waals surface area contributed by atoms with Crippen LogP contribution in [-0.2, 0) is 0 Å². The molecule has 0 aliphatic rings. The van der Waals surface area contributed by atoms with Gasteiger partial charge in [0.1, 0.15) is 0 Å². The smallest absolute Gasteiger partial charge is 0.0199 e. The summed E-state index contributed by atoms with van der Waals surface area (Å²) in [5.74, 6) is 0. The van der Waals surface area contributed by atoms with Crippen molar-refractivity contribution in [1.82, 2.24) is 0 Å². The Morgan fingerprint density at radius 2 is 1.33 bits per heavy atom. The van der Waals surface area contributed by atoms with Gasteiger partial charge in [-0.15, -0.1) is 0 Å². The van der Waals surface area contributed by atoms with E-state index in [-0.39, 0.29) is 0 Å². The minimum Gasteiger partial charge on any atom is -0.0747 e. The molecule has 0 amide bonds. The van der Waals surface area contributed by atoms with Gasteiger partial charge in [-0.2, -0.15) is 0 Å². The van der Waals surface area contributed by atoms with Crippen molar-refractivity contribution in [3.63, 3.8) is 0 Å². The highest BCUT2D eigenvalue weighted by Crippen LogP contribution is 2.28. The lowest BCUT2D eigenvalue weighted by Crippen LogP contribution is -1.98. The van der Waals surface area contributed by atoms with Crippen LogP contribution in [0.1, 0.15) is 40.5 Å².